The number of fused-ring (bicyclic) bond motifs is 1. The van der Waals surface area contributed by atoms with E-state index in [1.807, 2.05) is 20.8 Å². The summed E-state index contributed by atoms with van der Waals surface area (Å²) in [4.78, 5) is 32.5. The van der Waals surface area contributed by atoms with Crippen molar-refractivity contribution in [2.75, 3.05) is 6.61 Å². The van der Waals surface area contributed by atoms with Crippen LogP contribution in [-0.4, -0.2) is 29.5 Å². The zero-order valence-corrected chi connectivity index (χ0v) is 20.0. The third-order valence-corrected chi connectivity index (χ3v) is 10.3. The van der Waals surface area contributed by atoms with E-state index in [0.29, 0.717) is 36.0 Å². The van der Waals surface area contributed by atoms with Crippen LogP contribution in [0.2, 0.25) is 23.3 Å². The van der Waals surface area contributed by atoms with Crippen LogP contribution in [0.5, 0.6) is 0 Å². The number of nitrogens with zero attached hydrogens (tertiary/aromatic N) is 2. The minimum absolute atomic E-state index is 0.121. The van der Waals surface area contributed by atoms with E-state index in [9.17, 15) is 9.59 Å². The maximum atomic E-state index is 13.1. The standard InChI is InChI=1S/C20H32ClN3O3Si/c1-19(2,3)15-14-13(12-22-16(15)21)23-18(26)24(17(14)25)10-9-11-27-28(7,8)20(4,5)6/h12H,9-11H2,1-8H3,(H,23,26). The zero-order valence-electron chi connectivity index (χ0n) is 18.2. The van der Waals surface area contributed by atoms with Crippen molar-refractivity contribution in [1.29, 1.82) is 0 Å². The molecule has 0 radical (unpaired) electrons. The molecular weight excluding hydrogens is 394 g/mol. The van der Waals surface area contributed by atoms with E-state index < -0.39 is 14.0 Å². The number of nitrogens with one attached hydrogen (secondary N) is 1. The SMILES string of the molecule is CC(C)(C)c1c(Cl)ncc2[nH]c(=O)n(CCCO[Si](C)(C)C(C)(C)C)c(=O)c12. The first-order valence-corrected chi connectivity index (χ1v) is 12.9. The summed E-state index contributed by atoms with van der Waals surface area (Å²) in [7, 11) is -1.85. The third-order valence-electron chi connectivity index (χ3n) is 5.52. The lowest BCUT2D eigenvalue weighted by molar-refractivity contribution is 0.273. The Morgan fingerprint density at radius 2 is 1.79 bits per heavy atom. The van der Waals surface area contributed by atoms with Gasteiger partial charge < -0.3 is 9.41 Å². The summed E-state index contributed by atoms with van der Waals surface area (Å²) in [6.07, 6.45) is 2.03. The summed E-state index contributed by atoms with van der Waals surface area (Å²) in [5, 5.41) is 0.838. The van der Waals surface area contributed by atoms with E-state index in [-0.39, 0.29) is 21.2 Å². The minimum atomic E-state index is -1.85. The molecule has 156 valence electrons. The lowest BCUT2D eigenvalue weighted by Crippen LogP contribution is -2.41. The molecule has 2 rings (SSSR count). The summed E-state index contributed by atoms with van der Waals surface area (Å²) >= 11 is 6.30. The van der Waals surface area contributed by atoms with Crippen molar-refractivity contribution in [1.82, 2.24) is 14.5 Å². The highest BCUT2D eigenvalue weighted by molar-refractivity contribution is 6.74. The number of hydrogen-bond donors (Lipinski definition) is 1. The normalized spacial score (nSPS) is 13.3. The highest BCUT2D eigenvalue weighted by atomic mass is 35.5. The monoisotopic (exact) mass is 425 g/mol. The Labute approximate surface area is 172 Å². The zero-order chi connectivity index (χ0) is 21.5. The van der Waals surface area contributed by atoms with Gasteiger partial charge in [0.15, 0.2) is 8.32 Å². The van der Waals surface area contributed by atoms with Gasteiger partial charge in [-0.2, -0.15) is 0 Å². The van der Waals surface area contributed by atoms with E-state index in [1.54, 1.807) is 0 Å². The van der Waals surface area contributed by atoms with Crippen molar-refractivity contribution in [3.63, 3.8) is 0 Å². The molecule has 0 aliphatic carbocycles. The van der Waals surface area contributed by atoms with E-state index >= 15 is 0 Å². The number of hydrogen-bond acceptors (Lipinski definition) is 4. The second-order valence-corrected chi connectivity index (χ2v) is 15.0. The van der Waals surface area contributed by atoms with Crippen LogP contribution < -0.4 is 11.2 Å². The van der Waals surface area contributed by atoms with E-state index in [0.717, 1.165) is 0 Å². The first-order valence-electron chi connectivity index (χ1n) is 9.62. The Hall–Kier alpha value is -1.44. The average Bonchev–Trinajstić information content (AvgIpc) is 2.52. The van der Waals surface area contributed by atoms with E-state index in [1.165, 1.54) is 10.8 Å². The number of H-pyrrole nitrogens is 1. The quantitative estimate of drug-likeness (QED) is 0.436. The molecular formula is C20H32ClN3O3Si. The topological polar surface area (TPSA) is 77.0 Å². The Morgan fingerprint density at radius 1 is 1.18 bits per heavy atom. The molecule has 0 unspecified atom stereocenters. The van der Waals surface area contributed by atoms with Crippen LogP contribution in [0.15, 0.2) is 15.8 Å². The molecule has 0 atom stereocenters. The fourth-order valence-electron chi connectivity index (χ4n) is 2.87. The average molecular weight is 426 g/mol. The highest BCUT2D eigenvalue weighted by Gasteiger charge is 2.36. The van der Waals surface area contributed by atoms with Gasteiger partial charge in [0, 0.05) is 18.7 Å². The van der Waals surface area contributed by atoms with Gasteiger partial charge >= 0.3 is 5.69 Å². The summed E-state index contributed by atoms with van der Waals surface area (Å²) in [6, 6.07) is 0. The molecule has 0 aromatic carbocycles. The number of pyridine rings is 1. The second kappa shape index (κ2) is 7.76. The Kier molecular flexibility index (Phi) is 6.33. The van der Waals surface area contributed by atoms with Gasteiger partial charge in [0.1, 0.15) is 5.15 Å². The number of aromatic amines is 1. The first kappa shape index (κ1) is 22.8. The highest BCUT2D eigenvalue weighted by Crippen LogP contribution is 2.36. The lowest BCUT2D eigenvalue weighted by Gasteiger charge is -2.36. The Bertz CT molecular complexity index is 982. The summed E-state index contributed by atoms with van der Waals surface area (Å²) < 4.78 is 7.40. The van der Waals surface area contributed by atoms with Gasteiger partial charge in [0.2, 0.25) is 0 Å². The minimum Gasteiger partial charge on any atom is -0.417 e. The molecule has 0 bridgehead atoms. The van der Waals surface area contributed by atoms with Crippen LogP contribution in [-0.2, 0) is 16.4 Å². The van der Waals surface area contributed by atoms with Gasteiger partial charge in [0.25, 0.3) is 5.56 Å². The van der Waals surface area contributed by atoms with Crippen molar-refractivity contribution in [3.05, 3.63) is 37.8 Å². The molecule has 0 fully saturated rings. The smallest absolute Gasteiger partial charge is 0.328 e. The molecule has 2 aromatic rings. The van der Waals surface area contributed by atoms with Crippen molar-refractivity contribution < 1.29 is 4.43 Å². The Balaban J connectivity index is 2.37. The predicted octanol–water partition coefficient (Wildman–Crippen LogP) is 4.45. The second-order valence-electron chi connectivity index (χ2n) is 9.81. The molecule has 2 heterocycles. The number of halogens is 1. The van der Waals surface area contributed by atoms with Crippen LogP contribution in [0, 0.1) is 0 Å². The van der Waals surface area contributed by atoms with Gasteiger partial charge in [-0.05, 0) is 30.0 Å². The van der Waals surface area contributed by atoms with Crippen LogP contribution in [0.3, 0.4) is 0 Å². The summed E-state index contributed by atoms with van der Waals surface area (Å²) in [5.74, 6) is 0. The fourth-order valence-corrected chi connectivity index (χ4v) is 4.38. The predicted molar refractivity (Wildman–Crippen MR) is 118 cm³/mol. The van der Waals surface area contributed by atoms with Gasteiger partial charge in [-0.1, -0.05) is 53.1 Å². The van der Waals surface area contributed by atoms with Crippen LogP contribution in [0.1, 0.15) is 53.5 Å². The van der Waals surface area contributed by atoms with Crippen molar-refractivity contribution in [2.24, 2.45) is 0 Å². The summed E-state index contributed by atoms with van der Waals surface area (Å²) in [5.41, 5.74) is -0.0871. The van der Waals surface area contributed by atoms with Gasteiger partial charge in [-0.25, -0.2) is 9.78 Å². The molecule has 0 saturated carbocycles. The first-order chi connectivity index (χ1) is 12.7. The molecule has 6 nitrogen and oxygen atoms in total. The van der Waals surface area contributed by atoms with Gasteiger partial charge in [-0.3, -0.25) is 9.36 Å². The van der Waals surface area contributed by atoms with Crippen LogP contribution >= 0.6 is 11.6 Å². The van der Waals surface area contributed by atoms with Crippen molar-refractivity contribution in [2.45, 2.75) is 78.1 Å². The lowest BCUT2D eigenvalue weighted by atomic mass is 9.86. The third kappa shape index (κ3) is 4.58. The van der Waals surface area contributed by atoms with E-state index in [4.69, 9.17) is 16.0 Å². The van der Waals surface area contributed by atoms with E-state index in [2.05, 4.69) is 43.8 Å². The Morgan fingerprint density at radius 3 is 2.32 bits per heavy atom. The molecule has 28 heavy (non-hydrogen) atoms. The van der Waals surface area contributed by atoms with Crippen molar-refractivity contribution >= 4 is 30.8 Å². The molecule has 8 heteroatoms. The molecule has 2 aromatic heterocycles. The molecule has 1 N–H and O–H groups in total. The number of aromatic nitrogens is 3. The molecule has 0 aliphatic heterocycles. The van der Waals surface area contributed by atoms with Crippen LogP contribution in [0.25, 0.3) is 10.9 Å². The number of rotatable bonds is 5. The molecule has 0 saturated heterocycles. The fraction of sp³-hybridized carbons (Fsp3) is 0.650. The van der Waals surface area contributed by atoms with Gasteiger partial charge in [-0.15, -0.1) is 0 Å². The summed E-state index contributed by atoms with van der Waals surface area (Å²) in [6.45, 7) is 17.6. The molecule has 0 aliphatic rings. The maximum Gasteiger partial charge on any atom is 0.328 e. The van der Waals surface area contributed by atoms with Gasteiger partial charge in [0.05, 0.1) is 17.1 Å². The molecule has 0 spiro atoms. The van der Waals surface area contributed by atoms with Crippen molar-refractivity contribution in [3.8, 4) is 0 Å². The van der Waals surface area contributed by atoms with Crippen LogP contribution in [0.4, 0.5) is 0 Å². The largest absolute Gasteiger partial charge is 0.417 e. The maximum absolute atomic E-state index is 13.1. The molecule has 0 amide bonds.